The number of piperidine rings is 1. The molecule has 136 valence electrons. The zero-order valence-electron chi connectivity index (χ0n) is 16.0. The number of fused-ring (bicyclic) bond motifs is 2. The van der Waals surface area contributed by atoms with Crippen LogP contribution in [0.15, 0.2) is 24.4 Å². The molecule has 0 unspecified atom stereocenters. The van der Waals surface area contributed by atoms with Gasteiger partial charge in [0.05, 0.1) is 5.69 Å². The molecule has 2 aliphatic rings. The van der Waals surface area contributed by atoms with Crippen molar-refractivity contribution >= 4 is 10.9 Å². The summed E-state index contributed by atoms with van der Waals surface area (Å²) in [4.78, 5) is 6.11. The van der Waals surface area contributed by atoms with Gasteiger partial charge in [0.1, 0.15) is 0 Å². The first-order valence-corrected chi connectivity index (χ1v) is 9.91. The molecule has 3 heterocycles. The number of likely N-dealkylation sites (tertiary alicyclic amines) is 1. The van der Waals surface area contributed by atoms with E-state index in [1.54, 1.807) is 5.56 Å². The van der Waals surface area contributed by atoms with Crippen molar-refractivity contribution in [3.05, 3.63) is 52.5 Å². The molecule has 2 N–H and O–H groups in total. The minimum atomic E-state index is 0.651. The van der Waals surface area contributed by atoms with Crippen LogP contribution in [-0.2, 0) is 12.8 Å². The summed E-state index contributed by atoms with van der Waals surface area (Å²) in [7, 11) is 2.33. The Morgan fingerprint density at radius 1 is 1.27 bits per heavy atom. The molecular weight excluding hydrogens is 320 g/mol. The lowest BCUT2D eigenvalue weighted by molar-refractivity contribution is 0.108. The molecule has 1 saturated heterocycles. The van der Waals surface area contributed by atoms with Crippen molar-refractivity contribution in [2.75, 3.05) is 13.6 Å². The average molecular weight is 348 g/mol. The largest absolute Gasteiger partial charge is 0.361 e. The lowest BCUT2D eigenvalue weighted by Gasteiger charge is -2.45. The first kappa shape index (κ1) is 16.1. The van der Waals surface area contributed by atoms with Crippen molar-refractivity contribution in [2.24, 2.45) is 5.92 Å². The van der Waals surface area contributed by atoms with Crippen molar-refractivity contribution in [1.82, 2.24) is 20.1 Å². The number of aromatic nitrogens is 3. The Labute approximate surface area is 155 Å². The van der Waals surface area contributed by atoms with Crippen LogP contribution < -0.4 is 0 Å². The van der Waals surface area contributed by atoms with Gasteiger partial charge in [-0.05, 0) is 75.3 Å². The van der Waals surface area contributed by atoms with E-state index in [-0.39, 0.29) is 0 Å². The quantitative estimate of drug-likeness (QED) is 0.748. The molecule has 0 saturated carbocycles. The highest BCUT2D eigenvalue weighted by Gasteiger charge is 2.39. The number of benzene rings is 1. The van der Waals surface area contributed by atoms with Gasteiger partial charge in [-0.25, -0.2) is 0 Å². The van der Waals surface area contributed by atoms with Crippen LogP contribution in [0.1, 0.15) is 46.8 Å². The zero-order chi connectivity index (χ0) is 17.8. The third-order valence-electron chi connectivity index (χ3n) is 6.90. The molecule has 1 aromatic carbocycles. The number of hydrogen-bond donors (Lipinski definition) is 2. The van der Waals surface area contributed by atoms with Gasteiger partial charge in [-0.3, -0.25) is 5.10 Å². The van der Waals surface area contributed by atoms with E-state index < -0.39 is 0 Å². The van der Waals surface area contributed by atoms with Crippen LogP contribution in [0.5, 0.6) is 0 Å². The van der Waals surface area contributed by atoms with Gasteiger partial charge in [0.2, 0.25) is 0 Å². The normalized spacial score (nSPS) is 25.6. The topological polar surface area (TPSA) is 47.7 Å². The van der Waals surface area contributed by atoms with Gasteiger partial charge >= 0.3 is 0 Å². The fraction of sp³-hybridized carbons (Fsp3) is 0.500. The summed E-state index contributed by atoms with van der Waals surface area (Å²) in [6.45, 7) is 5.48. The Hall–Kier alpha value is -2.07. The Bertz CT molecular complexity index is 931. The van der Waals surface area contributed by atoms with Crippen LogP contribution >= 0.6 is 0 Å². The summed E-state index contributed by atoms with van der Waals surface area (Å²) in [5.74, 6) is 1.42. The molecule has 4 heteroatoms. The van der Waals surface area contributed by atoms with Crippen molar-refractivity contribution in [3.63, 3.8) is 0 Å². The zero-order valence-corrected chi connectivity index (χ0v) is 16.0. The highest BCUT2D eigenvalue weighted by molar-refractivity contribution is 5.88. The Kier molecular flexibility index (Phi) is 3.71. The molecule has 0 radical (unpaired) electrons. The number of likely N-dealkylation sites (N-methyl/N-ethyl adjacent to an activating group) is 1. The molecule has 4 nitrogen and oxygen atoms in total. The first-order valence-electron chi connectivity index (χ1n) is 9.91. The maximum atomic E-state index is 4.37. The van der Waals surface area contributed by atoms with Crippen LogP contribution in [0, 0.1) is 19.8 Å². The molecule has 3 atom stereocenters. The maximum Gasteiger partial charge on any atom is 0.0625 e. The van der Waals surface area contributed by atoms with E-state index in [9.17, 15) is 0 Å². The number of nitrogens with one attached hydrogen (secondary N) is 2. The van der Waals surface area contributed by atoms with E-state index in [0.717, 1.165) is 12.3 Å². The Morgan fingerprint density at radius 3 is 2.96 bits per heavy atom. The fourth-order valence-electron chi connectivity index (χ4n) is 5.55. The van der Waals surface area contributed by atoms with Gasteiger partial charge in [0, 0.05) is 41.3 Å². The third kappa shape index (κ3) is 2.43. The summed E-state index contributed by atoms with van der Waals surface area (Å²) in [6.07, 6.45) is 7.13. The molecule has 0 amide bonds. The number of rotatable bonds is 3. The lowest BCUT2D eigenvalue weighted by Crippen LogP contribution is -2.47. The molecule has 0 spiro atoms. The van der Waals surface area contributed by atoms with E-state index in [4.69, 9.17) is 0 Å². The molecule has 1 aliphatic carbocycles. The summed E-state index contributed by atoms with van der Waals surface area (Å²) in [5, 5.41) is 9.01. The Balaban J connectivity index is 1.41. The van der Waals surface area contributed by atoms with Crippen LogP contribution in [-0.4, -0.2) is 39.7 Å². The Morgan fingerprint density at radius 2 is 2.15 bits per heavy atom. The van der Waals surface area contributed by atoms with Crippen LogP contribution in [0.3, 0.4) is 0 Å². The monoisotopic (exact) mass is 348 g/mol. The van der Waals surface area contributed by atoms with E-state index in [1.165, 1.54) is 59.2 Å². The number of H-pyrrole nitrogens is 2. The smallest absolute Gasteiger partial charge is 0.0625 e. The van der Waals surface area contributed by atoms with Crippen LogP contribution in [0.4, 0.5) is 0 Å². The summed E-state index contributed by atoms with van der Waals surface area (Å²) in [5.41, 5.74) is 8.22. The van der Waals surface area contributed by atoms with Crippen molar-refractivity contribution in [2.45, 2.75) is 51.5 Å². The van der Waals surface area contributed by atoms with Crippen LogP contribution in [0.25, 0.3) is 10.9 Å². The second-order valence-electron chi connectivity index (χ2n) is 8.45. The molecule has 26 heavy (non-hydrogen) atoms. The summed E-state index contributed by atoms with van der Waals surface area (Å²) >= 11 is 0. The first-order chi connectivity index (χ1) is 12.6. The fourth-order valence-corrected chi connectivity index (χ4v) is 5.55. The predicted molar refractivity (Wildman–Crippen MR) is 106 cm³/mol. The van der Waals surface area contributed by atoms with Crippen molar-refractivity contribution < 1.29 is 0 Å². The van der Waals surface area contributed by atoms with Crippen LogP contribution in [0.2, 0.25) is 0 Å². The molecule has 1 fully saturated rings. The molecule has 5 rings (SSSR count). The van der Waals surface area contributed by atoms with Gasteiger partial charge in [-0.1, -0.05) is 12.1 Å². The van der Waals surface area contributed by atoms with Crippen molar-refractivity contribution in [3.8, 4) is 0 Å². The van der Waals surface area contributed by atoms with E-state index >= 15 is 0 Å². The molecular formula is C22H28N4. The molecule has 1 aliphatic heterocycles. The average Bonchev–Trinajstić information content (AvgIpc) is 3.19. The number of nitrogens with zero attached hydrogens (tertiary/aromatic N) is 2. The van der Waals surface area contributed by atoms with E-state index in [2.05, 4.69) is 65.4 Å². The number of hydrogen-bond acceptors (Lipinski definition) is 2. The standard InChI is InChI=1S/C22H28N4/c1-13-17(14(2)25-24-13)8-7-15-9-19-18-5-4-6-20-22(18)16(11-23-20)10-21(19)26(3)12-15/h4-6,11,15,19,21,23H,7-10,12H2,1-3H3,(H,24,25)/t15-,19-,21-/m1/s1. The summed E-state index contributed by atoms with van der Waals surface area (Å²) < 4.78 is 0. The molecule has 2 aromatic heterocycles. The van der Waals surface area contributed by atoms with Gasteiger partial charge in [-0.2, -0.15) is 5.10 Å². The summed E-state index contributed by atoms with van der Waals surface area (Å²) in [6, 6.07) is 7.47. The predicted octanol–water partition coefficient (Wildman–Crippen LogP) is 4.10. The number of aryl methyl sites for hydroxylation is 2. The van der Waals surface area contributed by atoms with E-state index in [1.807, 2.05) is 0 Å². The van der Waals surface area contributed by atoms with Gasteiger partial charge in [-0.15, -0.1) is 0 Å². The molecule has 0 bridgehead atoms. The number of aromatic amines is 2. The maximum absolute atomic E-state index is 4.37. The van der Waals surface area contributed by atoms with Gasteiger partial charge in [0.25, 0.3) is 0 Å². The highest BCUT2D eigenvalue weighted by Crippen LogP contribution is 2.45. The van der Waals surface area contributed by atoms with Gasteiger partial charge in [0.15, 0.2) is 0 Å². The molecule has 3 aromatic rings. The second kappa shape index (κ2) is 5.98. The lowest BCUT2D eigenvalue weighted by atomic mass is 9.71. The van der Waals surface area contributed by atoms with E-state index in [0.29, 0.717) is 12.0 Å². The minimum absolute atomic E-state index is 0.651. The third-order valence-corrected chi connectivity index (χ3v) is 6.90. The van der Waals surface area contributed by atoms with Gasteiger partial charge < -0.3 is 9.88 Å². The minimum Gasteiger partial charge on any atom is -0.361 e. The SMILES string of the molecule is Cc1n[nH]c(C)c1CC[C@@H]1C[C@@H]2c3cccc4[nH]cc(c34)C[C@H]2N(C)C1. The highest BCUT2D eigenvalue weighted by atomic mass is 15.1. The second-order valence-corrected chi connectivity index (χ2v) is 8.45. The van der Waals surface area contributed by atoms with Crippen molar-refractivity contribution in [1.29, 1.82) is 0 Å².